The highest BCUT2D eigenvalue weighted by Crippen LogP contribution is 2.09. The Bertz CT molecular complexity index is 428. The molecule has 0 aromatic carbocycles. The van der Waals surface area contributed by atoms with E-state index in [0.29, 0.717) is 0 Å². The van der Waals surface area contributed by atoms with Gasteiger partial charge in [-0.05, 0) is 19.1 Å². The van der Waals surface area contributed by atoms with Crippen LogP contribution in [-0.2, 0) is 0 Å². The molecule has 3 nitrogen and oxygen atoms in total. The van der Waals surface area contributed by atoms with Crippen molar-refractivity contribution in [3.05, 3.63) is 36.4 Å². The zero-order chi connectivity index (χ0) is 8.55. The molecule has 0 aliphatic heterocycles. The van der Waals surface area contributed by atoms with E-state index in [-0.39, 0.29) is 0 Å². The first-order chi connectivity index (χ1) is 5.83. The Morgan fingerprint density at radius 3 is 3.08 bits per heavy atom. The molecule has 0 fully saturated rings. The summed E-state index contributed by atoms with van der Waals surface area (Å²) in [5.74, 6) is 0.727. The maximum atomic E-state index is 4.26. The normalized spacial score (nSPS) is 10.4. The molecule has 3 heteroatoms. The van der Waals surface area contributed by atoms with E-state index in [1.807, 2.05) is 23.6 Å². The fraction of sp³-hybridized carbons (Fsp3) is 0.111. The van der Waals surface area contributed by atoms with Gasteiger partial charge >= 0.3 is 0 Å². The maximum absolute atomic E-state index is 4.26. The van der Waals surface area contributed by atoms with Crippen molar-refractivity contribution in [2.45, 2.75) is 6.92 Å². The molecule has 0 spiro atoms. The van der Waals surface area contributed by atoms with Gasteiger partial charge in [-0.15, -0.1) is 0 Å². The Kier molecular flexibility index (Phi) is 1.43. The molecule has 2 aromatic rings. The van der Waals surface area contributed by atoms with Crippen molar-refractivity contribution in [1.29, 1.82) is 0 Å². The first-order valence-corrected chi connectivity index (χ1v) is 3.75. The lowest BCUT2D eigenvalue weighted by atomic mass is 10.3. The summed E-state index contributed by atoms with van der Waals surface area (Å²) in [6.45, 7) is 5.68. The molecular formula is C9H9N3. The number of aryl methyl sites for hydroxylation is 1. The van der Waals surface area contributed by atoms with E-state index in [0.717, 1.165) is 17.2 Å². The molecule has 0 aliphatic carbocycles. The van der Waals surface area contributed by atoms with E-state index in [9.17, 15) is 0 Å². The molecule has 0 N–H and O–H groups in total. The molecule has 60 valence electrons. The van der Waals surface area contributed by atoms with Crippen LogP contribution in [0.3, 0.4) is 0 Å². The highest BCUT2D eigenvalue weighted by Gasteiger charge is 2.03. The SMILES string of the molecule is C=Cc1nc2ncccn2c1C. The Morgan fingerprint density at radius 1 is 1.58 bits per heavy atom. The van der Waals surface area contributed by atoms with E-state index >= 15 is 0 Å². The van der Waals surface area contributed by atoms with Crippen LogP contribution in [0.2, 0.25) is 0 Å². The molecule has 2 aromatic heterocycles. The molecule has 12 heavy (non-hydrogen) atoms. The smallest absolute Gasteiger partial charge is 0.234 e. The van der Waals surface area contributed by atoms with Gasteiger partial charge in [0.1, 0.15) is 0 Å². The number of hydrogen-bond donors (Lipinski definition) is 0. The fourth-order valence-electron chi connectivity index (χ4n) is 1.21. The first kappa shape index (κ1) is 7.03. The monoisotopic (exact) mass is 159 g/mol. The predicted molar refractivity (Wildman–Crippen MR) is 47.8 cm³/mol. The second-order valence-electron chi connectivity index (χ2n) is 2.58. The largest absolute Gasteiger partial charge is 0.288 e. The summed E-state index contributed by atoms with van der Waals surface area (Å²) in [4.78, 5) is 8.38. The quantitative estimate of drug-likeness (QED) is 0.633. The third-order valence-electron chi connectivity index (χ3n) is 1.87. The highest BCUT2D eigenvalue weighted by molar-refractivity contribution is 5.50. The van der Waals surface area contributed by atoms with Crippen LogP contribution < -0.4 is 0 Å². The second kappa shape index (κ2) is 2.44. The minimum atomic E-state index is 0.727. The van der Waals surface area contributed by atoms with Crippen LogP contribution in [0.1, 0.15) is 11.4 Å². The van der Waals surface area contributed by atoms with Crippen LogP contribution in [0.5, 0.6) is 0 Å². The standard InChI is InChI=1S/C9H9N3/c1-3-8-7(2)12-6-4-5-10-9(12)11-8/h3-6H,1H2,2H3. The Morgan fingerprint density at radius 2 is 2.42 bits per heavy atom. The van der Waals surface area contributed by atoms with Crippen molar-refractivity contribution in [2.24, 2.45) is 0 Å². The molecule has 0 amide bonds. The lowest BCUT2D eigenvalue weighted by Gasteiger charge is -1.92. The zero-order valence-electron chi connectivity index (χ0n) is 6.86. The molecule has 2 heterocycles. The summed E-state index contributed by atoms with van der Waals surface area (Å²) in [5, 5.41) is 0. The van der Waals surface area contributed by atoms with Crippen LogP contribution in [0.15, 0.2) is 25.0 Å². The van der Waals surface area contributed by atoms with Gasteiger partial charge in [0.2, 0.25) is 5.78 Å². The zero-order valence-corrected chi connectivity index (χ0v) is 6.86. The van der Waals surface area contributed by atoms with Gasteiger partial charge in [0.05, 0.1) is 5.69 Å². The van der Waals surface area contributed by atoms with E-state index in [4.69, 9.17) is 0 Å². The number of imidazole rings is 1. The second-order valence-corrected chi connectivity index (χ2v) is 2.58. The maximum Gasteiger partial charge on any atom is 0.234 e. The van der Waals surface area contributed by atoms with Gasteiger partial charge in [0.15, 0.2) is 0 Å². The Hall–Kier alpha value is -1.64. The van der Waals surface area contributed by atoms with E-state index in [1.165, 1.54) is 0 Å². The lowest BCUT2D eigenvalue weighted by molar-refractivity contribution is 1.06. The molecule has 0 aliphatic rings. The van der Waals surface area contributed by atoms with Crippen LogP contribution in [-0.4, -0.2) is 14.4 Å². The predicted octanol–water partition coefficient (Wildman–Crippen LogP) is 1.68. The minimum absolute atomic E-state index is 0.727. The van der Waals surface area contributed by atoms with Gasteiger partial charge in [0, 0.05) is 18.1 Å². The molecule has 0 saturated heterocycles. The Balaban J connectivity index is 2.87. The van der Waals surface area contributed by atoms with Gasteiger partial charge in [-0.25, -0.2) is 9.97 Å². The first-order valence-electron chi connectivity index (χ1n) is 3.75. The molecule has 0 saturated carbocycles. The van der Waals surface area contributed by atoms with Crippen molar-refractivity contribution in [3.63, 3.8) is 0 Å². The summed E-state index contributed by atoms with van der Waals surface area (Å²) in [6.07, 6.45) is 5.41. The van der Waals surface area contributed by atoms with E-state index in [2.05, 4.69) is 16.5 Å². The molecule has 0 bridgehead atoms. The van der Waals surface area contributed by atoms with Crippen LogP contribution in [0.25, 0.3) is 11.9 Å². The van der Waals surface area contributed by atoms with Crippen molar-refractivity contribution in [3.8, 4) is 0 Å². The fourth-order valence-corrected chi connectivity index (χ4v) is 1.21. The van der Waals surface area contributed by atoms with Crippen molar-refractivity contribution < 1.29 is 0 Å². The van der Waals surface area contributed by atoms with E-state index < -0.39 is 0 Å². The van der Waals surface area contributed by atoms with Crippen LogP contribution >= 0.6 is 0 Å². The lowest BCUT2D eigenvalue weighted by Crippen LogP contribution is -1.87. The highest BCUT2D eigenvalue weighted by atomic mass is 15.1. The van der Waals surface area contributed by atoms with Crippen molar-refractivity contribution >= 4 is 11.9 Å². The summed E-state index contributed by atoms with van der Waals surface area (Å²) < 4.78 is 1.94. The third-order valence-corrected chi connectivity index (χ3v) is 1.87. The van der Waals surface area contributed by atoms with Gasteiger partial charge in [-0.2, -0.15) is 0 Å². The minimum Gasteiger partial charge on any atom is -0.288 e. The van der Waals surface area contributed by atoms with Gasteiger partial charge in [-0.1, -0.05) is 6.58 Å². The number of nitrogens with zero attached hydrogens (tertiary/aromatic N) is 3. The molecule has 0 atom stereocenters. The molecule has 2 rings (SSSR count). The number of fused-ring (bicyclic) bond motifs is 1. The average Bonchev–Trinajstić information content (AvgIpc) is 2.44. The van der Waals surface area contributed by atoms with Crippen molar-refractivity contribution in [2.75, 3.05) is 0 Å². The molecular weight excluding hydrogens is 150 g/mol. The Labute approximate surface area is 70.4 Å². The van der Waals surface area contributed by atoms with Crippen LogP contribution in [0.4, 0.5) is 0 Å². The molecule has 0 radical (unpaired) electrons. The number of rotatable bonds is 1. The third kappa shape index (κ3) is 0.830. The summed E-state index contributed by atoms with van der Waals surface area (Å²) >= 11 is 0. The number of hydrogen-bond acceptors (Lipinski definition) is 2. The summed E-state index contributed by atoms with van der Waals surface area (Å²) in [7, 11) is 0. The molecule has 0 unspecified atom stereocenters. The summed E-state index contributed by atoms with van der Waals surface area (Å²) in [5.41, 5.74) is 1.97. The van der Waals surface area contributed by atoms with Gasteiger partial charge in [-0.3, -0.25) is 4.40 Å². The van der Waals surface area contributed by atoms with Gasteiger partial charge in [0.25, 0.3) is 0 Å². The van der Waals surface area contributed by atoms with Gasteiger partial charge < -0.3 is 0 Å². The topological polar surface area (TPSA) is 30.2 Å². The van der Waals surface area contributed by atoms with Crippen LogP contribution in [0, 0.1) is 6.92 Å². The summed E-state index contributed by atoms with van der Waals surface area (Å²) in [6, 6.07) is 1.88. The average molecular weight is 159 g/mol. The van der Waals surface area contributed by atoms with Crippen molar-refractivity contribution in [1.82, 2.24) is 14.4 Å². The van der Waals surface area contributed by atoms with E-state index in [1.54, 1.807) is 12.3 Å². The number of aromatic nitrogens is 3.